The van der Waals surface area contributed by atoms with E-state index in [2.05, 4.69) is 13.0 Å². The van der Waals surface area contributed by atoms with Gasteiger partial charge in [0, 0.05) is 71.2 Å². The van der Waals surface area contributed by atoms with E-state index >= 15 is 0 Å². The Morgan fingerprint density at radius 3 is 2.79 bits per heavy atom. The number of hydrogen-bond donors (Lipinski definition) is 2. The second-order valence-electron chi connectivity index (χ2n) is 10.8. The van der Waals surface area contributed by atoms with Crippen LogP contribution in [0.3, 0.4) is 0 Å². The first-order valence-corrected chi connectivity index (χ1v) is 14.0. The van der Waals surface area contributed by atoms with Crippen LogP contribution < -0.4 is 10.5 Å². The maximum Gasteiger partial charge on any atom is 0.319 e. The summed E-state index contributed by atoms with van der Waals surface area (Å²) < 4.78 is 5.66. The van der Waals surface area contributed by atoms with Gasteiger partial charge in [0.25, 0.3) is 0 Å². The number of rotatable bonds is 12. The van der Waals surface area contributed by atoms with Crippen LogP contribution >= 0.6 is 0 Å². The number of amides is 3. The minimum Gasteiger partial charge on any atom is -0.493 e. The molecular weight excluding hydrogens is 486 g/mol. The molecule has 3 heterocycles. The minimum absolute atomic E-state index is 0.0187. The maximum atomic E-state index is 13.4. The fraction of sp³-hybridized carbons (Fsp3) is 0.679. The Kier molecular flexibility index (Phi) is 9.49. The summed E-state index contributed by atoms with van der Waals surface area (Å²) in [5.74, 6) is -0.953. The van der Waals surface area contributed by atoms with E-state index in [1.807, 2.05) is 21.9 Å². The molecular formula is C28H43N5O5. The van der Waals surface area contributed by atoms with Crippen molar-refractivity contribution in [2.75, 3.05) is 66.0 Å². The van der Waals surface area contributed by atoms with E-state index in [9.17, 15) is 19.5 Å². The zero-order valence-corrected chi connectivity index (χ0v) is 22.8. The van der Waals surface area contributed by atoms with Crippen molar-refractivity contribution in [1.29, 1.82) is 0 Å². The van der Waals surface area contributed by atoms with Crippen LogP contribution in [-0.4, -0.2) is 115 Å². The predicted octanol–water partition coefficient (Wildman–Crippen LogP) is 1.83. The van der Waals surface area contributed by atoms with Gasteiger partial charge in [-0.05, 0) is 36.5 Å². The molecule has 2 fully saturated rings. The number of nitrogens with zero attached hydrogens (tertiary/aromatic N) is 4. The summed E-state index contributed by atoms with van der Waals surface area (Å²) in [6, 6.07) is 5.61. The van der Waals surface area contributed by atoms with E-state index in [1.165, 1.54) is 0 Å². The van der Waals surface area contributed by atoms with Crippen molar-refractivity contribution in [3.8, 4) is 5.75 Å². The molecule has 0 radical (unpaired) electrons. The number of likely N-dealkylation sites (tertiary alicyclic amines) is 1. The molecule has 3 aliphatic heterocycles. The molecule has 2 saturated heterocycles. The van der Waals surface area contributed by atoms with Crippen molar-refractivity contribution in [3.05, 3.63) is 29.3 Å². The highest BCUT2D eigenvalue weighted by atomic mass is 16.5. The lowest BCUT2D eigenvalue weighted by atomic mass is 9.83. The second kappa shape index (κ2) is 12.8. The molecule has 10 nitrogen and oxygen atoms in total. The molecule has 4 rings (SSSR count). The Bertz CT molecular complexity index is 1000. The molecule has 0 aliphatic carbocycles. The standard InChI is InChI=1S/C28H43N5O5/c1-3-4-12-31(15-10-29)25(34)19-33-18-22(20-6-7-24-21(17-20)9-16-38-24)26(27(35)36)23(33)8-14-32-13-5-11-30(2)28(32)37/h6-7,17,22-23,26H,3-5,8-16,18-19,29H2,1-2H3,(H,35,36)/t22-,23+,26-/m1/s1. The summed E-state index contributed by atoms with van der Waals surface area (Å²) >= 11 is 0. The third-order valence-electron chi connectivity index (χ3n) is 8.26. The van der Waals surface area contributed by atoms with Crippen molar-refractivity contribution in [2.24, 2.45) is 11.7 Å². The average molecular weight is 530 g/mol. The lowest BCUT2D eigenvalue weighted by molar-refractivity contribution is -0.143. The molecule has 38 heavy (non-hydrogen) atoms. The monoisotopic (exact) mass is 529 g/mol. The first kappa shape index (κ1) is 28.2. The van der Waals surface area contributed by atoms with Gasteiger partial charge in [-0.3, -0.25) is 14.5 Å². The largest absolute Gasteiger partial charge is 0.493 e. The van der Waals surface area contributed by atoms with Gasteiger partial charge in [0.1, 0.15) is 5.75 Å². The van der Waals surface area contributed by atoms with Crippen LogP contribution in [0.2, 0.25) is 0 Å². The highest BCUT2D eigenvalue weighted by molar-refractivity contribution is 5.79. The normalized spacial score (nSPS) is 23.4. The first-order chi connectivity index (χ1) is 18.3. The SMILES string of the molecule is CCCCN(CCN)C(=O)CN1C[C@H](c2ccc3c(c2)CCO3)[C@@H](C(=O)O)[C@@H]1CCN1CCCN(C)C1=O. The average Bonchev–Trinajstić information content (AvgIpc) is 3.51. The topological polar surface area (TPSA) is 120 Å². The van der Waals surface area contributed by atoms with Crippen LogP contribution in [0.25, 0.3) is 0 Å². The number of ether oxygens (including phenoxy) is 1. The van der Waals surface area contributed by atoms with Crippen molar-refractivity contribution in [3.63, 3.8) is 0 Å². The van der Waals surface area contributed by atoms with E-state index in [0.717, 1.165) is 49.1 Å². The van der Waals surface area contributed by atoms with Gasteiger partial charge in [-0.15, -0.1) is 0 Å². The first-order valence-electron chi connectivity index (χ1n) is 14.0. The summed E-state index contributed by atoms with van der Waals surface area (Å²) in [5.41, 5.74) is 7.87. The van der Waals surface area contributed by atoms with Gasteiger partial charge in [-0.2, -0.15) is 0 Å². The van der Waals surface area contributed by atoms with E-state index in [-0.39, 0.29) is 30.4 Å². The van der Waals surface area contributed by atoms with Gasteiger partial charge in [0.15, 0.2) is 0 Å². The van der Waals surface area contributed by atoms with Crippen LogP contribution in [-0.2, 0) is 16.0 Å². The second-order valence-corrected chi connectivity index (χ2v) is 10.8. The van der Waals surface area contributed by atoms with Crippen molar-refractivity contribution >= 4 is 17.9 Å². The van der Waals surface area contributed by atoms with Crippen LogP contribution in [0.15, 0.2) is 18.2 Å². The van der Waals surface area contributed by atoms with E-state index in [1.54, 1.807) is 16.8 Å². The predicted molar refractivity (Wildman–Crippen MR) is 144 cm³/mol. The zero-order chi connectivity index (χ0) is 27.2. The van der Waals surface area contributed by atoms with Gasteiger partial charge in [0.2, 0.25) is 5.91 Å². The molecule has 0 unspecified atom stereocenters. The molecule has 3 amide bonds. The van der Waals surface area contributed by atoms with Crippen LogP contribution in [0.4, 0.5) is 4.79 Å². The molecule has 210 valence electrons. The Morgan fingerprint density at radius 1 is 1.24 bits per heavy atom. The maximum absolute atomic E-state index is 13.4. The Hall–Kier alpha value is -2.85. The van der Waals surface area contributed by atoms with Gasteiger partial charge in [-0.25, -0.2) is 4.79 Å². The number of hydrogen-bond acceptors (Lipinski definition) is 6. The third kappa shape index (κ3) is 6.23. The lowest BCUT2D eigenvalue weighted by Gasteiger charge is -2.35. The lowest BCUT2D eigenvalue weighted by Crippen LogP contribution is -2.50. The molecule has 10 heteroatoms. The summed E-state index contributed by atoms with van der Waals surface area (Å²) in [7, 11) is 1.80. The Labute approximate surface area is 225 Å². The Balaban J connectivity index is 1.58. The fourth-order valence-electron chi connectivity index (χ4n) is 6.19. The molecule has 0 spiro atoms. The van der Waals surface area contributed by atoms with Crippen LogP contribution in [0.5, 0.6) is 5.75 Å². The number of carbonyl (C=O) groups excluding carboxylic acids is 2. The minimum atomic E-state index is -0.862. The Morgan fingerprint density at radius 2 is 2.05 bits per heavy atom. The highest BCUT2D eigenvalue weighted by Gasteiger charge is 2.47. The molecule has 0 aromatic heterocycles. The number of urea groups is 1. The molecule has 3 N–H and O–H groups in total. The molecule has 3 aliphatic rings. The highest BCUT2D eigenvalue weighted by Crippen LogP contribution is 2.41. The van der Waals surface area contributed by atoms with Gasteiger partial charge < -0.3 is 30.3 Å². The van der Waals surface area contributed by atoms with Crippen LogP contribution in [0.1, 0.15) is 49.7 Å². The van der Waals surface area contributed by atoms with Crippen molar-refractivity contribution in [1.82, 2.24) is 19.6 Å². The third-order valence-corrected chi connectivity index (χ3v) is 8.26. The molecule has 1 aromatic rings. The smallest absolute Gasteiger partial charge is 0.319 e. The van der Waals surface area contributed by atoms with Crippen LogP contribution in [0, 0.1) is 5.92 Å². The number of nitrogens with two attached hydrogens (primary N) is 1. The number of carboxylic acids is 1. The number of carbonyl (C=O) groups is 3. The number of unbranched alkanes of at least 4 members (excludes halogenated alkanes) is 1. The molecule has 1 aromatic carbocycles. The zero-order valence-electron chi connectivity index (χ0n) is 22.8. The van der Waals surface area contributed by atoms with Crippen molar-refractivity contribution < 1.29 is 24.2 Å². The number of benzene rings is 1. The summed E-state index contributed by atoms with van der Waals surface area (Å²) in [6.07, 6.45) is 4.08. The molecule has 3 atom stereocenters. The summed E-state index contributed by atoms with van der Waals surface area (Å²) in [4.78, 5) is 46.2. The van der Waals surface area contributed by atoms with E-state index in [0.29, 0.717) is 52.3 Å². The molecule has 0 saturated carbocycles. The van der Waals surface area contributed by atoms with Crippen molar-refractivity contribution in [2.45, 2.75) is 51.0 Å². The fourth-order valence-corrected chi connectivity index (χ4v) is 6.19. The van der Waals surface area contributed by atoms with Gasteiger partial charge in [0.05, 0.1) is 19.1 Å². The van der Waals surface area contributed by atoms with Gasteiger partial charge >= 0.3 is 12.0 Å². The molecule has 0 bridgehead atoms. The number of fused-ring (bicyclic) bond motifs is 1. The van der Waals surface area contributed by atoms with Gasteiger partial charge in [-0.1, -0.05) is 25.5 Å². The van der Waals surface area contributed by atoms with E-state index in [4.69, 9.17) is 10.5 Å². The van der Waals surface area contributed by atoms with E-state index < -0.39 is 11.9 Å². The quantitative estimate of drug-likeness (QED) is 0.424. The summed E-state index contributed by atoms with van der Waals surface area (Å²) in [6.45, 7) is 6.75. The summed E-state index contributed by atoms with van der Waals surface area (Å²) in [5, 5.41) is 10.4. The number of aliphatic carboxylic acids is 1. The number of carboxylic acid groups (broad SMARTS) is 1.